The van der Waals surface area contributed by atoms with Gasteiger partial charge in [-0.1, -0.05) is 12.1 Å². The second-order valence-corrected chi connectivity index (χ2v) is 8.63. The largest absolute Gasteiger partial charge is 0.573 e. The molecule has 0 radical (unpaired) electrons. The van der Waals surface area contributed by atoms with Crippen LogP contribution >= 0.6 is 0 Å². The number of piperidine rings is 1. The highest BCUT2D eigenvalue weighted by Gasteiger charge is 2.62. The van der Waals surface area contributed by atoms with Gasteiger partial charge in [-0.2, -0.15) is 0 Å². The van der Waals surface area contributed by atoms with Crippen molar-refractivity contribution in [2.75, 3.05) is 20.2 Å². The van der Waals surface area contributed by atoms with E-state index < -0.39 is 18.0 Å². The van der Waals surface area contributed by atoms with E-state index in [2.05, 4.69) is 14.8 Å². The molecule has 0 aromatic heterocycles. The van der Waals surface area contributed by atoms with E-state index in [1.165, 1.54) is 19.2 Å². The number of methoxy groups -OCH3 is 1. The second-order valence-electron chi connectivity index (χ2n) is 8.63. The number of hydrogen-bond acceptors (Lipinski definition) is 4. The van der Waals surface area contributed by atoms with Crippen LogP contribution in [0.3, 0.4) is 0 Å². The molecule has 0 bridgehead atoms. The first-order chi connectivity index (χ1) is 13.5. The number of halogens is 3. The number of amides is 2. The fourth-order valence-corrected chi connectivity index (χ4v) is 4.95. The Hall–Kier alpha value is -2.45. The third-order valence-electron chi connectivity index (χ3n) is 6.45. The van der Waals surface area contributed by atoms with Crippen molar-refractivity contribution in [1.29, 1.82) is 0 Å². The van der Waals surface area contributed by atoms with Crippen molar-refractivity contribution in [1.82, 2.24) is 10.2 Å². The fourth-order valence-electron chi connectivity index (χ4n) is 4.95. The van der Waals surface area contributed by atoms with Gasteiger partial charge in [-0.15, -0.1) is 13.2 Å². The minimum absolute atomic E-state index is 0.0812. The van der Waals surface area contributed by atoms with Crippen LogP contribution in [0.25, 0.3) is 0 Å². The Balaban J connectivity index is 1.35. The van der Waals surface area contributed by atoms with E-state index in [9.17, 15) is 22.8 Å². The number of fused-ring (bicyclic) bond motifs is 1. The smallest absolute Gasteiger partial charge is 0.453 e. The highest BCUT2D eigenvalue weighted by molar-refractivity contribution is 5.82. The molecule has 2 amide bonds. The number of rotatable bonds is 4. The van der Waals surface area contributed by atoms with Gasteiger partial charge in [0.25, 0.3) is 0 Å². The van der Waals surface area contributed by atoms with Crippen molar-refractivity contribution in [2.24, 2.45) is 11.8 Å². The lowest BCUT2D eigenvalue weighted by molar-refractivity contribution is -0.274. The van der Waals surface area contributed by atoms with E-state index in [1.807, 2.05) is 11.8 Å². The summed E-state index contributed by atoms with van der Waals surface area (Å²) in [4.78, 5) is 26.1. The summed E-state index contributed by atoms with van der Waals surface area (Å²) < 4.78 is 45.5. The number of benzene rings is 1. The Morgan fingerprint density at radius 1 is 1.17 bits per heavy atom. The van der Waals surface area contributed by atoms with Crippen LogP contribution in [0.4, 0.5) is 18.0 Å². The average Bonchev–Trinajstić information content (AvgIpc) is 3.19. The third kappa shape index (κ3) is 3.74. The van der Waals surface area contributed by atoms with Gasteiger partial charge in [-0.3, -0.25) is 4.79 Å². The van der Waals surface area contributed by atoms with E-state index in [4.69, 9.17) is 0 Å². The Morgan fingerprint density at radius 3 is 2.41 bits per heavy atom. The Morgan fingerprint density at radius 2 is 1.83 bits per heavy atom. The van der Waals surface area contributed by atoms with Crippen molar-refractivity contribution in [3.05, 3.63) is 29.8 Å². The summed E-state index contributed by atoms with van der Waals surface area (Å²) in [6.07, 6.45) is -3.14. The minimum Gasteiger partial charge on any atom is -0.453 e. The molecular formula is C20H23F3N2O4. The van der Waals surface area contributed by atoms with E-state index >= 15 is 0 Å². The summed E-state index contributed by atoms with van der Waals surface area (Å²) in [5.41, 5.74) is 0.351. The lowest BCUT2D eigenvalue weighted by atomic mass is 9.69. The van der Waals surface area contributed by atoms with Gasteiger partial charge in [0.1, 0.15) is 5.75 Å². The molecule has 3 aliphatic rings. The predicted molar refractivity (Wildman–Crippen MR) is 96.2 cm³/mol. The molecule has 1 aromatic rings. The standard InChI is InChI=1S/C20H23F3N2O4/c1-18(24-17(27)28-2)7-12(8-18)16(26)25-10-14-9-19(14,11-25)13-3-5-15(6-4-13)29-20(21,22)23/h3-6,12,14H,7-11H2,1-2H3,(H,24,27). The van der Waals surface area contributed by atoms with Gasteiger partial charge in [0.15, 0.2) is 0 Å². The molecule has 4 rings (SSSR count). The second kappa shape index (κ2) is 6.53. The van der Waals surface area contributed by atoms with Crippen molar-refractivity contribution in [3.8, 4) is 5.75 Å². The van der Waals surface area contributed by atoms with Crippen molar-refractivity contribution in [2.45, 2.75) is 43.5 Å². The first kappa shape index (κ1) is 19.8. The van der Waals surface area contributed by atoms with Crippen LogP contribution in [0.2, 0.25) is 0 Å². The Bertz CT molecular complexity index is 820. The molecule has 158 valence electrons. The highest BCUT2D eigenvalue weighted by atomic mass is 19.4. The van der Waals surface area contributed by atoms with Gasteiger partial charge in [0, 0.05) is 30.0 Å². The molecule has 29 heavy (non-hydrogen) atoms. The topological polar surface area (TPSA) is 67.9 Å². The lowest BCUT2D eigenvalue weighted by Crippen LogP contribution is -2.58. The molecule has 1 aliphatic heterocycles. The summed E-state index contributed by atoms with van der Waals surface area (Å²) in [5.74, 6) is 0.0418. The number of hydrogen-bond donors (Lipinski definition) is 1. The number of ether oxygens (including phenoxy) is 2. The zero-order valence-corrected chi connectivity index (χ0v) is 16.2. The molecule has 2 aliphatic carbocycles. The quantitative estimate of drug-likeness (QED) is 0.825. The number of nitrogens with zero attached hydrogens (tertiary/aromatic N) is 1. The zero-order chi connectivity index (χ0) is 21.0. The summed E-state index contributed by atoms with van der Waals surface area (Å²) in [6.45, 7) is 3.13. The summed E-state index contributed by atoms with van der Waals surface area (Å²) >= 11 is 0. The lowest BCUT2D eigenvalue weighted by Gasteiger charge is -2.45. The van der Waals surface area contributed by atoms with Gasteiger partial charge >= 0.3 is 12.5 Å². The van der Waals surface area contributed by atoms with Crippen LogP contribution in [-0.4, -0.2) is 49.0 Å². The minimum atomic E-state index is -4.71. The Labute approximate surface area is 166 Å². The molecule has 9 heteroatoms. The maximum Gasteiger partial charge on any atom is 0.573 e. The number of alkyl carbamates (subject to hydrolysis) is 1. The van der Waals surface area contributed by atoms with Crippen LogP contribution in [-0.2, 0) is 14.9 Å². The monoisotopic (exact) mass is 412 g/mol. The molecule has 0 spiro atoms. The summed E-state index contributed by atoms with van der Waals surface area (Å²) in [7, 11) is 1.30. The molecule has 3 fully saturated rings. The fraction of sp³-hybridized carbons (Fsp3) is 0.600. The summed E-state index contributed by atoms with van der Waals surface area (Å²) in [5, 5.41) is 2.77. The highest BCUT2D eigenvalue weighted by Crippen LogP contribution is 2.59. The van der Waals surface area contributed by atoms with E-state index in [1.54, 1.807) is 12.1 Å². The zero-order valence-electron chi connectivity index (χ0n) is 16.2. The van der Waals surface area contributed by atoms with Crippen LogP contribution in [0.1, 0.15) is 31.7 Å². The number of carbonyl (C=O) groups is 2. The maximum absolute atomic E-state index is 12.9. The molecule has 2 unspecified atom stereocenters. The molecule has 2 saturated carbocycles. The maximum atomic E-state index is 12.9. The first-order valence-corrected chi connectivity index (χ1v) is 9.55. The van der Waals surface area contributed by atoms with Crippen molar-refractivity contribution >= 4 is 12.0 Å². The first-order valence-electron chi connectivity index (χ1n) is 9.55. The van der Waals surface area contributed by atoms with Crippen LogP contribution in [0.15, 0.2) is 24.3 Å². The van der Waals surface area contributed by atoms with Crippen LogP contribution in [0, 0.1) is 11.8 Å². The van der Waals surface area contributed by atoms with E-state index in [0.29, 0.717) is 31.8 Å². The normalized spacial score (nSPS) is 32.8. The molecule has 1 heterocycles. The molecule has 1 aromatic carbocycles. The number of nitrogens with one attached hydrogen (secondary N) is 1. The van der Waals surface area contributed by atoms with Gasteiger partial charge in [0.2, 0.25) is 5.91 Å². The van der Waals surface area contributed by atoms with Gasteiger partial charge in [0.05, 0.1) is 7.11 Å². The predicted octanol–water partition coefficient (Wildman–Crippen LogP) is 3.21. The van der Waals surface area contributed by atoms with Crippen LogP contribution in [0.5, 0.6) is 5.75 Å². The molecule has 1 N–H and O–H groups in total. The van der Waals surface area contributed by atoms with Gasteiger partial charge in [-0.25, -0.2) is 4.79 Å². The van der Waals surface area contributed by atoms with Gasteiger partial charge in [-0.05, 0) is 49.8 Å². The Kier molecular flexibility index (Phi) is 4.47. The van der Waals surface area contributed by atoms with E-state index in [-0.39, 0.29) is 23.0 Å². The SMILES string of the molecule is COC(=O)NC1(C)CC(C(=O)N2CC3CC3(c3ccc(OC(F)(F)F)cc3)C2)C1. The van der Waals surface area contributed by atoms with Crippen LogP contribution < -0.4 is 10.1 Å². The number of carbonyl (C=O) groups excluding carboxylic acids is 2. The summed E-state index contributed by atoms with van der Waals surface area (Å²) in [6, 6.07) is 5.98. The molecule has 1 saturated heterocycles. The number of likely N-dealkylation sites (tertiary alicyclic amines) is 1. The number of alkyl halides is 3. The van der Waals surface area contributed by atoms with Crippen molar-refractivity contribution in [3.63, 3.8) is 0 Å². The van der Waals surface area contributed by atoms with Crippen molar-refractivity contribution < 1.29 is 32.2 Å². The average molecular weight is 412 g/mol. The van der Waals surface area contributed by atoms with Gasteiger partial charge < -0.3 is 19.7 Å². The third-order valence-corrected chi connectivity index (χ3v) is 6.45. The molecular weight excluding hydrogens is 389 g/mol. The molecule has 2 atom stereocenters. The molecule has 6 nitrogen and oxygen atoms in total. The van der Waals surface area contributed by atoms with E-state index in [0.717, 1.165) is 12.0 Å².